The fourth-order valence-corrected chi connectivity index (χ4v) is 2.63. The number of nitrogens with zero attached hydrogens (tertiary/aromatic N) is 1. The third kappa shape index (κ3) is 6.57. The van der Waals surface area contributed by atoms with E-state index in [2.05, 4.69) is 10.6 Å². The fourth-order valence-electron chi connectivity index (χ4n) is 2.42. The molecule has 2 N–H and O–H groups in total. The van der Waals surface area contributed by atoms with Crippen molar-refractivity contribution in [1.82, 2.24) is 4.90 Å². The maximum Gasteiger partial charge on any atom is 0.238 e. The maximum atomic E-state index is 12.3. The summed E-state index contributed by atoms with van der Waals surface area (Å²) in [5, 5.41) is 6.24. The molecule has 5 nitrogen and oxygen atoms in total. The molecule has 0 aromatic heterocycles. The smallest absolute Gasteiger partial charge is 0.238 e. The van der Waals surface area contributed by atoms with Gasteiger partial charge in [-0.15, -0.1) is 0 Å². The van der Waals surface area contributed by atoms with E-state index in [9.17, 15) is 9.59 Å². The molecule has 0 fully saturated rings. The van der Waals surface area contributed by atoms with E-state index in [1.807, 2.05) is 36.1 Å². The fraction of sp³-hybridized carbons (Fsp3) is 0.263. The van der Waals surface area contributed by atoms with Gasteiger partial charge < -0.3 is 10.6 Å². The highest BCUT2D eigenvalue weighted by Gasteiger charge is 2.10. The Morgan fingerprint density at radius 2 is 1.68 bits per heavy atom. The predicted octanol–water partition coefficient (Wildman–Crippen LogP) is 3.76. The van der Waals surface area contributed by atoms with E-state index in [0.717, 1.165) is 12.1 Å². The van der Waals surface area contributed by atoms with Crippen molar-refractivity contribution in [2.45, 2.75) is 20.4 Å². The number of anilines is 2. The summed E-state index contributed by atoms with van der Waals surface area (Å²) in [4.78, 5) is 25.3. The summed E-state index contributed by atoms with van der Waals surface area (Å²) in [6.45, 7) is 5.17. The summed E-state index contributed by atoms with van der Waals surface area (Å²) in [6.07, 6.45) is 0. The highest BCUT2D eigenvalue weighted by atomic mass is 35.5. The van der Waals surface area contributed by atoms with E-state index in [1.54, 1.807) is 24.3 Å². The number of carbonyl (C=O) groups excluding carboxylic acids is 2. The average Bonchev–Trinajstić information content (AvgIpc) is 2.55. The number of nitrogens with one attached hydrogen (secondary N) is 2. The molecular formula is C19H22ClN3O2. The van der Waals surface area contributed by atoms with Crippen LogP contribution in [0.15, 0.2) is 48.5 Å². The summed E-state index contributed by atoms with van der Waals surface area (Å²) in [7, 11) is 0. The normalized spacial score (nSPS) is 10.6. The molecule has 0 heterocycles. The molecular weight excluding hydrogens is 338 g/mol. The molecule has 0 unspecified atom stereocenters. The molecule has 0 saturated carbocycles. The van der Waals surface area contributed by atoms with Gasteiger partial charge in [0.1, 0.15) is 0 Å². The highest BCUT2D eigenvalue weighted by Crippen LogP contribution is 2.15. The average molecular weight is 360 g/mol. The van der Waals surface area contributed by atoms with Crippen LogP contribution < -0.4 is 10.6 Å². The van der Waals surface area contributed by atoms with E-state index in [-0.39, 0.29) is 18.4 Å². The molecule has 0 bridgehead atoms. The lowest BCUT2D eigenvalue weighted by Crippen LogP contribution is -2.32. The first-order valence-corrected chi connectivity index (χ1v) is 8.48. The van der Waals surface area contributed by atoms with Crippen LogP contribution in [-0.4, -0.2) is 29.8 Å². The molecule has 0 radical (unpaired) electrons. The first-order chi connectivity index (χ1) is 12.0. The van der Waals surface area contributed by atoms with Crippen molar-refractivity contribution in [2.24, 2.45) is 0 Å². The van der Waals surface area contributed by atoms with Gasteiger partial charge in [-0.1, -0.05) is 30.7 Å². The first-order valence-electron chi connectivity index (χ1n) is 8.10. The van der Waals surface area contributed by atoms with Crippen molar-refractivity contribution in [2.75, 3.05) is 23.7 Å². The predicted molar refractivity (Wildman–Crippen MR) is 102 cm³/mol. The van der Waals surface area contributed by atoms with Crippen LogP contribution in [0.4, 0.5) is 11.4 Å². The van der Waals surface area contributed by atoms with Gasteiger partial charge in [0, 0.05) is 29.9 Å². The number of likely N-dealkylation sites (N-methyl/N-ethyl adjacent to an activating group) is 1. The lowest BCUT2D eigenvalue weighted by atomic mass is 10.2. The third-order valence-corrected chi connectivity index (χ3v) is 3.83. The van der Waals surface area contributed by atoms with Crippen LogP contribution in [0.1, 0.15) is 19.4 Å². The Balaban J connectivity index is 1.90. The van der Waals surface area contributed by atoms with Crippen LogP contribution >= 0.6 is 11.6 Å². The van der Waals surface area contributed by atoms with Gasteiger partial charge in [-0.05, 0) is 48.5 Å². The summed E-state index contributed by atoms with van der Waals surface area (Å²) in [5.41, 5.74) is 2.46. The second-order valence-corrected chi connectivity index (χ2v) is 6.18. The van der Waals surface area contributed by atoms with Crippen LogP contribution in [0.5, 0.6) is 0 Å². The van der Waals surface area contributed by atoms with E-state index in [4.69, 9.17) is 11.6 Å². The van der Waals surface area contributed by atoms with Gasteiger partial charge in [-0.3, -0.25) is 14.5 Å². The number of amides is 2. The molecule has 0 aliphatic heterocycles. The zero-order chi connectivity index (χ0) is 18.2. The Bertz CT molecular complexity index is 732. The summed E-state index contributed by atoms with van der Waals surface area (Å²) in [5.74, 6) is -0.215. The van der Waals surface area contributed by atoms with Gasteiger partial charge in [0.05, 0.1) is 6.54 Å². The van der Waals surface area contributed by atoms with Crippen molar-refractivity contribution in [3.05, 3.63) is 59.1 Å². The molecule has 0 spiro atoms. The summed E-state index contributed by atoms with van der Waals surface area (Å²) < 4.78 is 0. The van der Waals surface area contributed by atoms with E-state index >= 15 is 0 Å². The van der Waals surface area contributed by atoms with Crippen LogP contribution in [0, 0.1) is 0 Å². The van der Waals surface area contributed by atoms with Crippen molar-refractivity contribution >= 4 is 34.8 Å². The van der Waals surface area contributed by atoms with Gasteiger partial charge >= 0.3 is 0 Å². The SMILES string of the molecule is CCN(CC(=O)Nc1ccc(NC(C)=O)cc1)Cc1cccc(Cl)c1. The molecule has 0 saturated heterocycles. The van der Waals surface area contributed by atoms with Crippen LogP contribution in [0.25, 0.3) is 0 Å². The second kappa shape index (κ2) is 9.20. The molecule has 0 aliphatic rings. The van der Waals surface area contributed by atoms with Crippen molar-refractivity contribution in [1.29, 1.82) is 0 Å². The quantitative estimate of drug-likeness (QED) is 0.791. The zero-order valence-corrected chi connectivity index (χ0v) is 15.1. The molecule has 2 amide bonds. The van der Waals surface area contributed by atoms with Gasteiger partial charge in [0.15, 0.2) is 0 Å². The minimum absolute atomic E-state index is 0.0869. The van der Waals surface area contributed by atoms with Crippen LogP contribution in [0.3, 0.4) is 0 Å². The van der Waals surface area contributed by atoms with Crippen molar-refractivity contribution in [3.8, 4) is 0 Å². The lowest BCUT2D eigenvalue weighted by molar-refractivity contribution is -0.117. The summed E-state index contributed by atoms with van der Waals surface area (Å²) in [6, 6.07) is 14.7. The molecule has 2 aromatic rings. The minimum Gasteiger partial charge on any atom is -0.326 e. The van der Waals surface area contributed by atoms with Crippen molar-refractivity contribution < 1.29 is 9.59 Å². The van der Waals surface area contributed by atoms with E-state index in [0.29, 0.717) is 22.9 Å². The van der Waals surface area contributed by atoms with Gasteiger partial charge in [-0.2, -0.15) is 0 Å². The second-order valence-electron chi connectivity index (χ2n) is 5.74. The number of hydrogen-bond donors (Lipinski definition) is 2. The van der Waals surface area contributed by atoms with E-state index in [1.165, 1.54) is 6.92 Å². The Morgan fingerprint density at radius 1 is 1.04 bits per heavy atom. The van der Waals surface area contributed by atoms with Gasteiger partial charge in [0.25, 0.3) is 0 Å². The van der Waals surface area contributed by atoms with Crippen molar-refractivity contribution in [3.63, 3.8) is 0 Å². The summed E-state index contributed by atoms with van der Waals surface area (Å²) >= 11 is 6.00. The number of hydrogen-bond acceptors (Lipinski definition) is 3. The van der Waals surface area contributed by atoms with E-state index < -0.39 is 0 Å². The molecule has 0 atom stereocenters. The topological polar surface area (TPSA) is 61.4 Å². The Labute approximate surface area is 153 Å². The molecule has 0 aliphatic carbocycles. The molecule has 2 rings (SSSR count). The molecule has 25 heavy (non-hydrogen) atoms. The number of halogens is 1. The third-order valence-electron chi connectivity index (χ3n) is 3.60. The zero-order valence-electron chi connectivity index (χ0n) is 14.4. The maximum absolute atomic E-state index is 12.3. The lowest BCUT2D eigenvalue weighted by Gasteiger charge is -2.20. The highest BCUT2D eigenvalue weighted by molar-refractivity contribution is 6.30. The molecule has 2 aromatic carbocycles. The Kier molecular flexibility index (Phi) is 6.98. The number of rotatable bonds is 7. The standard InChI is InChI=1S/C19H22ClN3O2/c1-3-23(12-15-5-4-6-16(20)11-15)13-19(25)22-18-9-7-17(8-10-18)21-14(2)24/h4-11H,3,12-13H2,1-2H3,(H,21,24)(H,22,25). The minimum atomic E-state index is -0.128. The van der Waals surface area contributed by atoms with Gasteiger partial charge in [0.2, 0.25) is 11.8 Å². The van der Waals surface area contributed by atoms with Crippen LogP contribution in [-0.2, 0) is 16.1 Å². The largest absolute Gasteiger partial charge is 0.326 e. The van der Waals surface area contributed by atoms with Gasteiger partial charge in [-0.25, -0.2) is 0 Å². The Morgan fingerprint density at radius 3 is 2.24 bits per heavy atom. The monoisotopic (exact) mass is 359 g/mol. The Hall–Kier alpha value is -2.37. The number of benzene rings is 2. The van der Waals surface area contributed by atoms with Crippen LogP contribution in [0.2, 0.25) is 5.02 Å². The molecule has 132 valence electrons. The first kappa shape index (κ1) is 19.0. The number of carbonyl (C=O) groups is 2. The molecule has 6 heteroatoms.